The van der Waals surface area contributed by atoms with Gasteiger partial charge >= 0.3 is 0 Å². The van der Waals surface area contributed by atoms with Crippen LogP contribution in [0.1, 0.15) is 25.7 Å². The van der Waals surface area contributed by atoms with Crippen LogP contribution in [0.2, 0.25) is 0 Å². The Labute approximate surface area is 128 Å². The average molecular weight is 342 g/mol. The molecule has 104 valence electrons. The van der Waals surface area contributed by atoms with E-state index in [1.807, 2.05) is 18.2 Å². The SMILES string of the molecule is O=C(CSc1ccccc1)N1CCCC1CCCBr. The molecule has 0 saturated carbocycles. The molecule has 1 aromatic rings. The van der Waals surface area contributed by atoms with Crippen molar-refractivity contribution in [1.82, 2.24) is 4.90 Å². The van der Waals surface area contributed by atoms with E-state index < -0.39 is 0 Å². The molecule has 0 radical (unpaired) electrons. The van der Waals surface area contributed by atoms with Gasteiger partial charge < -0.3 is 4.90 Å². The molecule has 4 heteroatoms. The molecule has 2 rings (SSSR count). The fourth-order valence-electron chi connectivity index (χ4n) is 2.52. The highest BCUT2D eigenvalue weighted by Crippen LogP contribution is 2.24. The van der Waals surface area contributed by atoms with Crippen LogP contribution < -0.4 is 0 Å². The van der Waals surface area contributed by atoms with E-state index >= 15 is 0 Å². The quantitative estimate of drug-likeness (QED) is 0.576. The average Bonchev–Trinajstić information content (AvgIpc) is 2.92. The van der Waals surface area contributed by atoms with Gasteiger partial charge in [-0.05, 0) is 37.8 Å². The van der Waals surface area contributed by atoms with Crippen molar-refractivity contribution in [3.05, 3.63) is 30.3 Å². The molecule has 1 aliphatic rings. The van der Waals surface area contributed by atoms with Crippen LogP contribution >= 0.6 is 27.7 Å². The van der Waals surface area contributed by atoms with E-state index in [1.165, 1.54) is 11.3 Å². The van der Waals surface area contributed by atoms with Gasteiger partial charge in [0.15, 0.2) is 0 Å². The first-order valence-electron chi connectivity index (χ1n) is 6.84. The van der Waals surface area contributed by atoms with Crippen LogP contribution in [0.25, 0.3) is 0 Å². The normalized spacial score (nSPS) is 18.8. The van der Waals surface area contributed by atoms with Crippen molar-refractivity contribution < 1.29 is 4.79 Å². The van der Waals surface area contributed by atoms with Gasteiger partial charge in [-0.25, -0.2) is 0 Å². The third-order valence-corrected chi connectivity index (χ3v) is 5.03. The molecule has 1 aliphatic heterocycles. The van der Waals surface area contributed by atoms with Crippen LogP contribution in [0.3, 0.4) is 0 Å². The number of carbonyl (C=O) groups excluding carboxylic acids is 1. The van der Waals surface area contributed by atoms with Crippen molar-refractivity contribution in [3.8, 4) is 0 Å². The van der Waals surface area contributed by atoms with Gasteiger partial charge in [-0.1, -0.05) is 34.1 Å². The predicted molar refractivity (Wildman–Crippen MR) is 84.9 cm³/mol. The molecular weight excluding hydrogens is 322 g/mol. The van der Waals surface area contributed by atoms with E-state index in [0.717, 1.165) is 31.1 Å². The topological polar surface area (TPSA) is 20.3 Å². The van der Waals surface area contributed by atoms with Crippen molar-refractivity contribution in [3.63, 3.8) is 0 Å². The Balaban J connectivity index is 1.82. The number of hydrogen-bond acceptors (Lipinski definition) is 2. The highest BCUT2D eigenvalue weighted by molar-refractivity contribution is 9.09. The second-order valence-electron chi connectivity index (χ2n) is 4.82. The van der Waals surface area contributed by atoms with Crippen molar-refractivity contribution in [2.75, 3.05) is 17.6 Å². The number of thioether (sulfide) groups is 1. The molecule has 0 aromatic heterocycles. The maximum Gasteiger partial charge on any atom is 0.233 e. The smallest absolute Gasteiger partial charge is 0.233 e. The van der Waals surface area contributed by atoms with Crippen molar-refractivity contribution >= 4 is 33.6 Å². The first-order valence-corrected chi connectivity index (χ1v) is 8.95. The van der Waals surface area contributed by atoms with Gasteiger partial charge in [-0.2, -0.15) is 0 Å². The van der Waals surface area contributed by atoms with Crippen LogP contribution in [-0.4, -0.2) is 34.5 Å². The van der Waals surface area contributed by atoms with Gasteiger partial charge in [0.1, 0.15) is 0 Å². The van der Waals surface area contributed by atoms with Gasteiger partial charge in [-0.15, -0.1) is 11.8 Å². The Morgan fingerprint density at radius 2 is 2.16 bits per heavy atom. The Bertz CT molecular complexity index is 398. The summed E-state index contributed by atoms with van der Waals surface area (Å²) < 4.78 is 0. The summed E-state index contributed by atoms with van der Waals surface area (Å²) in [5.74, 6) is 0.861. The van der Waals surface area contributed by atoms with Crippen LogP contribution in [0, 0.1) is 0 Å². The van der Waals surface area contributed by atoms with Crippen molar-refractivity contribution in [2.24, 2.45) is 0 Å². The van der Waals surface area contributed by atoms with Crippen LogP contribution in [0.15, 0.2) is 35.2 Å². The fraction of sp³-hybridized carbons (Fsp3) is 0.533. The highest BCUT2D eigenvalue weighted by Gasteiger charge is 2.27. The van der Waals surface area contributed by atoms with Crippen LogP contribution in [-0.2, 0) is 4.79 Å². The van der Waals surface area contributed by atoms with E-state index in [4.69, 9.17) is 0 Å². The molecule has 1 unspecified atom stereocenters. The summed E-state index contributed by atoms with van der Waals surface area (Å²) in [5.41, 5.74) is 0. The molecule has 1 amide bonds. The molecule has 0 spiro atoms. The second-order valence-corrected chi connectivity index (χ2v) is 6.66. The Morgan fingerprint density at radius 3 is 2.89 bits per heavy atom. The molecule has 0 N–H and O–H groups in total. The van der Waals surface area contributed by atoms with E-state index in [-0.39, 0.29) is 0 Å². The summed E-state index contributed by atoms with van der Waals surface area (Å²) in [4.78, 5) is 15.6. The number of carbonyl (C=O) groups is 1. The molecule has 0 bridgehead atoms. The van der Waals surface area contributed by atoms with Gasteiger partial charge in [0.05, 0.1) is 5.75 Å². The predicted octanol–water partition coefficient (Wildman–Crippen LogP) is 3.94. The summed E-state index contributed by atoms with van der Waals surface area (Å²) in [6.07, 6.45) is 4.62. The lowest BCUT2D eigenvalue weighted by atomic mass is 10.1. The third-order valence-electron chi connectivity index (χ3n) is 3.47. The molecule has 19 heavy (non-hydrogen) atoms. The molecule has 0 aliphatic carbocycles. The van der Waals surface area contributed by atoms with E-state index in [9.17, 15) is 4.79 Å². The minimum Gasteiger partial charge on any atom is -0.339 e. The molecule has 1 saturated heterocycles. The maximum absolute atomic E-state index is 12.3. The minimum absolute atomic E-state index is 0.297. The number of alkyl halides is 1. The number of likely N-dealkylation sites (tertiary alicyclic amines) is 1. The summed E-state index contributed by atoms with van der Waals surface area (Å²) in [6, 6.07) is 10.6. The molecule has 1 fully saturated rings. The Morgan fingerprint density at radius 1 is 1.37 bits per heavy atom. The number of halogens is 1. The molecule has 2 nitrogen and oxygen atoms in total. The van der Waals surface area contributed by atoms with Crippen LogP contribution in [0.5, 0.6) is 0 Å². The summed E-state index contributed by atoms with van der Waals surface area (Å²) >= 11 is 5.11. The molecule has 1 heterocycles. The number of benzene rings is 1. The largest absolute Gasteiger partial charge is 0.339 e. The fourth-order valence-corrected chi connectivity index (χ4v) is 3.65. The zero-order valence-corrected chi connectivity index (χ0v) is 13.5. The Hall–Kier alpha value is -0.480. The maximum atomic E-state index is 12.3. The van der Waals surface area contributed by atoms with Crippen LogP contribution in [0.4, 0.5) is 0 Å². The monoisotopic (exact) mass is 341 g/mol. The zero-order chi connectivity index (χ0) is 13.5. The second kappa shape index (κ2) is 7.95. The van der Waals surface area contributed by atoms with Crippen molar-refractivity contribution in [2.45, 2.75) is 36.6 Å². The van der Waals surface area contributed by atoms with Gasteiger partial charge in [0, 0.05) is 22.8 Å². The van der Waals surface area contributed by atoms with E-state index in [2.05, 4.69) is 33.0 Å². The standard InChI is InChI=1S/C15H20BrNOS/c16-10-4-6-13-7-5-11-17(13)15(18)12-19-14-8-2-1-3-9-14/h1-3,8-9,13H,4-7,10-12H2. The Kier molecular flexibility index (Phi) is 6.24. The molecule has 1 atom stereocenters. The molecular formula is C15H20BrNOS. The summed E-state index contributed by atoms with van der Waals surface area (Å²) in [7, 11) is 0. The lowest BCUT2D eigenvalue weighted by Gasteiger charge is -2.24. The van der Waals surface area contributed by atoms with Gasteiger partial charge in [0.2, 0.25) is 5.91 Å². The first kappa shape index (κ1) is 14.9. The number of hydrogen-bond donors (Lipinski definition) is 0. The number of rotatable bonds is 6. The first-order chi connectivity index (χ1) is 9.31. The number of amides is 1. The lowest BCUT2D eigenvalue weighted by molar-refractivity contribution is -0.129. The van der Waals surface area contributed by atoms with E-state index in [1.54, 1.807) is 11.8 Å². The summed E-state index contributed by atoms with van der Waals surface area (Å²) in [6.45, 7) is 0.946. The summed E-state index contributed by atoms with van der Waals surface area (Å²) in [5, 5.41) is 1.03. The lowest BCUT2D eigenvalue weighted by Crippen LogP contribution is -2.36. The minimum atomic E-state index is 0.297. The van der Waals surface area contributed by atoms with E-state index in [0.29, 0.717) is 17.7 Å². The van der Waals surface area contributed by atoms with Crippen molar-refractivity contribution in [1.29, 1.82) is 0 Å². The van der Waals surface area contributed by atoms with Gasteiger partial charge in [-0.3, -0.25) is 4.79 Å². The molecule has 1 aromatic carbocycles. The number of nitrogens with zero attached hydrogens (tertiary/aromatic N) is 1. The highest BCUT2D eigenvalue weighted by atomic mass is 79.9. The zero-order valence-electron chi connectivity index (χ0n) is 11.1. The third kappa shape index (κ3) is 4.53. The van der Waals surface area contributed by atoms with Gasteiger partial charge in [0.25, 0.3) is 0 Å².